The maximum absolute atomic E-state index is 5.28. The highest BCUT2D eigenvalue weighted by molar-refractivity contribution is 5.79. The molecule has 1 heterocycles. The van der Waals surface area contributed by atoms with Crippen LogP contribution in [0.1, 0.15) is 43.3 Å². The molecule has 6 heteroatoms. The summed E-state index contributed by atoms with van der Waals surface area (Å²) in [7, 11) is 3.70. The van der Waals surface area contributed by atoms with Crippen LogP contribution in [0.5, 0.6) is 5.75 Å². The van der Waals surface area contributed by atoms with Crippen LogP contribution >= 0.6 is 0 Å². The van der Waals surface area contributed by atoms with Crippen molar-refractivity contribution in [1.82, 2.24) is 20.4 Å². The third kappa shape index (κ3) is 5.00. The van der Waals surface area contributed by atoms with Crippen molar-refractivity contribution >= 4 is 5.96 Å². The fraction of sp³-hybridized carbons (Fsp3) is 0.500. The lowest BCUT2D eigenvalue weighted by Gasteiger charge is -2.13. The monoisotopic (exact) mass is 357 g/mol. The zero-order valence-electron chi connectivity index (χ0n) is 16.6. The predicted octanol–water partition coefficient (Wildman–Crippen LogP) is 2.81. The molecule has 0 aliphatic rings. The number of nitrogens with one attached hydrogen (secondary N) is 2. The molecule has 0 amide bonds. The van der Waals surface area contributed by atoms with E-state index in [1.165, 1.54) is 11.3 Å². The average Bonchev–Trinajstić information content (AvgIpc) is 2.98. The van der Waals surface area contributed by atoms with E-state index < -0.39 is 0 Å². The number of aliphatic imine (C=N–C) groups is 1. The van der Waals surface area contributed by atoms with E-state index in [2.05, 4.69) is 42.6 Å². The Kier molecular flexibility index (Phi) is 7.51. The van der Waals surface area contributed by atoms with E-state index in [1.807, 2.05) is 29.9 Å². The summed E-state index contributed by atoms with van der Waals surface area (Å²) >= 11 is 0. The standard InChI is InChI=1S/C20H31N5O/c1-6-18-17(19(7-2)25(4)24-18)14-23-20(21-8-3)22-13-15-10-9-11-16(12-15)26-5/h9-12H,6-8,13-14H2,1-5H3,(H2,21,22,23). The summed E-state index contributed by atoms with van der Waals surface area (Å²) in [5, 5.41) is 11.4. The SMILES string of the molecule is CCNC(=NCc1cccc(OC)c1)NCc1c(CC)nn(C)c1CC. The first-order valence-electron chi connectivity index (χ1n) is 9.31. The number of aromatic nitrogens is 2. The van der Waals surface area contributed by atoms with E-state index in [1.54, 1.807) is 7.11 Å². The Labute approximate surface area is 156 Å². The van der Waals surface area contributed by atoms with Crippen molar-refractivity contribution in [3.8, 4) is 5.75 Å². The second-order valence-corrected chi connectivity index (χ2v) is 6.10. The van der Waals surface area contributed by atoms with Crippen molar-refractivity contribution in [2.24, 2.45) is 12.0 Å². The largest absolute Gasteiger partial charge is 0.497 e. The minimum atomic E-state index is 0.598. The molecule has 0 radical (unpaired) electrons. The van der Waals surface area contributed by atoms with Crippen molar-refractivity contribution in [2.75, 3.05) is 13.7 Å². The van der Waals surface area contributed by atoms with Crippen LogP contribution in [-0.4, -0.2) is 29.4 Å². The maximum atomic E-state index is 5.28. The predicted molar refractivity (Wildman–Crippen MR) is 107 cm³/mol. The van der Waals surface area contributed by atoms with Gasteiger partial charge in [0, 0.05) is 31.4 Å². The number of aryl methyl sites for hydroxylation is 2. The van der Waals surface area contributed by atoms with E-state index in [0.29, 0.717) is 6.54 Å². The Morgan fingerprint density at radius 3 is 2.65 bits per heavy atom. The first-order valence-corrected chi connectivity index (χ1v) is 9.31. The highest BCUT2D eigenvalue weighted by atomic mass is 16.5. The van der Waals surface area contributed by atoms with Crippen LogP contribution in [-0.2, 0) is 33.0 Å². The summed E-state index contributed by atoms with van der Waals surface area (Å²) in [5.41, 5.74) is 4.83. The smallest absolute Gasteiger partial charge is 0.191 e. The number of rotatable bonds is 8. The lowest BCUT2D eigenvalue weighted by atomic mass is 10.1. The minimum Gasteiger partial charge on any atom is -0.497 e. The lowest BCUT2D eigenvalue weighted by molar-refractivity contribution is 0.414. The number of hydrogen-bond donors (Lipinski definition) is 2. The molecule has 1 aromatic heterocycles. The summed E-state index contributed by atoms with van der Waals surface area (Å²) in [4.78, 5) is 4.70. The van der Waals surface area contributed by atoms with E-state index in [4.69, 9.17) is 9.73 Å². The van der Waals surface area contributed by atoms with Gasteiger partial charge in [-0.1, -0.05) is 26.0 Å². The molecule has 0 saturated heterocycles. The van der Waals surface area contributed by atoms with Gasteiger partial charge in [0.05, 0.1) is 19.3 Å². The zero-order valence-corrected chi connectivity index (χ0v) is 16.6. The normalized spacial score (nSPS) is 11.5. The maximum Gasteiger partial charge on any atom is 0.191 e. The van der Waals surface area contributed by atoms with Gasteiger partial charge in [-0.15, -0.1) is 0 Å². The van der Waals surface area contributed by atoms with Crippen LogP contribution in [0.3, 0.4) is 0 Å². The fourth-order valence-electron chi connectivity index (χ4n) is 3.05. The Hall–Kier alpha value is -2.50. The highest BCUT2D eigenvalue weighted by Crippen LogP contribution is 2.15. The average molecular weight is 358 g/mol. The first kappa shape index (κ1) is 19.8. The van der Waals surface area contributed by atoms with Gasteiger partial charge < -0.3 is 15.4 Å². The van der Waals surface area contributed by atoms with E-state index >= 15 is 0 Å². The molecule has 0 atom stereocenters. The molecule has 0 saturated carbocycles. The third-order valence-corrected chi connectivity index (χ3v) is 4.36. The van der Waals surface area contributed by atoms with Gasteiger partial charge >= 0.3 is 0 Å². The molecule has 142 valence electrons. The van der Waals surface area contributed by atoms with Crippen LogP contribution in [0.25, 0.3) is 0 Å². The molecule has 0 spiro atoms. The van der Waals surface area contributed by atoms with Crippen molar-refractivity contribution in [3.05, 3.63) is 46.8 Å². The van der Waals surface area contributed by atoms with Crippen LogP contribution < -0.4 is 15.4 Å². The van der Waals surface area contributed by atoms with Crippen LogP contribution in [0.4, 0.5) is 0 Å². The fourth-order valence-corrected chi connectivity index (χ4v) is 3.05. The molecule has 0 unspecified atom stereocenters. The quantitative estimate of drug-likeness (QED) is 0.563. The van der Waals surface area contributed by atoms with Crippen molar-refractivity contribution < 1.29 is 4.74 Å². The second-order valence-electron chi connectivity index (χ2n) is 6.10. The molecule has 2 rings (SSSR count). The Balaban J connectivity index is 2.10. The summed E-state index contributed by atoms with van der Waals surface area (Å²) in [5.74, 6) is 1.66. The number of methoxy groups -OCH3 is 1. The Bertz CT molecular complexity index is 736. The molecule has 2 aromatic rings. The third-order valence-electron chi connectivity index (χ3n) is 4.36. The van der Waals surface area contributed by atoms with Crippen LogP contribution in [0.15, 0.2) is 29.3 Å². The van der Waals surface area contributed by atoms with Gasteiger partial charge in [-0.2, -0.15) is 5.10 Å². The molecule has 1 aromatic carbocycles. The van der Waals surface area contributed by atoms with Crippen molar-refractivity contribution in [3.63, 3.8) is 0 Å². The Morgan fingerprint density at radius 2 is 2.00 bits per heavy atom. The number of guanidine groups is 1. The molecule has 0 aliphatic carbocycles. The van der Waals surface area contributed by atoms with Gasteiger partial charge in [0.2, 0.25) is 0 Å². The van der Waals surface area contributed by atoms with Gasteiger partial charge in [-0.3, -0.25) is 4.68 Å². The number of hydrogen-bond acceptors (Lipinski definition) is 3. The first-order chi connectivity index (χ1) is 12.6. The lowest BCUT2D eigenvalue weighted by Crippen LogP contribution is -2.37. The van der Waals surface area contributed by atoms with E-state index in [0.717, 1.165) is 48.9 Å². The molecular formula is C20H31N5O. The van der Waals surface area contributed by atoms with Gasteiger partial charge in [0.15, 0.2) is 5.96 Å². The van der Waals surface area contributed by atoms with Crippen LogP contribution in [0.2, 0.25) is 0 Å². The molecule has 2 N–H and O–H groups in total. The molecule has 0 aliphatic heterocycles. The van der Waals surface area contributed by atoms with E-state index in [9.17, 15) is 0 Å². The molecule has 26 heavy (non-hydrogen) atoms. The summed E-state index contributed by atoms with van der Waals surface area (Å²) in [6.45, 7) is 8.53. The molecule has 0 fully saturated rings. The minimum absolute atomic E-state index is 0.598. The van der Waals surface area contributed by atoms with Gasteiger partial charge in [-0.05, 0) is 37.5 Å². The summed E-state index contributed by atoms with van der Waals surface area (Å²) in [6.07, 6.45) is 1.90. The summed E-state index contributed by atoms with van der Waals surface area (Å²) in [6, 6.07) is 8.00. The zero-order chi connectivity index (χ0) is 18.9. The second kappa shape index (κ2) is 9.85. The van der Waals surface area contributed by atoms with Crippen molar-refractivity contribution in [1.29, 1.82) is 0 Å². The highest BCUT2D eigenvalue weighted by Gasteiger charge is 2.13. The topological polar surface area (TPSA) is 63.5 Å². The number of ether oxygens (including phenoxy) is 1. The summed E-state index contributed by atoms with van der Waals surface area (Å²) < 4.78 is 7.28. The molecule has 6 nitrogen and oxygen atoms in total. The number of nitrogens with zero attached hydrogens (tertiary/aromatic N) is 3. The van der Waals surface area contributed by atoms with Crippen LogP contribution in [0, 0.1) is 0 Å². The molecule has 0 bridgehead atoms. The Morgan fingerprint density at radius 1 is 1.19 bits per heavy atom. The number of benzene rings is 1. The van der Waals surface area contributed by atoms with Crippen molar-refractivity contribution in [2.45, 2.75) is 46.7 Å². The van der Waals surface area contributed by atoms with Gasteiger partial charge in [-0.25, -0.2) is 4.99 Å². The van der Waals surface area contributed by atoms with E-state index in [-0.39, 0.29) is 0 Å². The van der Waals surface area contributed by atoms with Gasteiger partial charge in [0.25, 0.3) is 0 Å². The molecular weight excluding hydrogens is 326 g/mol. The van der Waals surface area contributed by atoms with Gasteiger partial charge in [0.1, 0.15) is 5.75 Å².